The first-order valence-electron chi connectivity index (χ1n) is 8.29. The zero-order valence-electron chi connectivity index (χ0n) is 14.0. The summed E-state index contributed by atoms with van der Waals surface area (Å²) in [5, 5.41) is 12.0. The first-order valence-corrected chi connectivity index (χ1v) is 8.29. The minimum Gasteiger partial charge on any atom is -0.354 e. The lowest BCUT2D eigenvalue weighted by molar-refractivity contribution is 0.425. The zero-order chi connectivity index (χ0) is 17.1. The van der Waals surface area contributed by atoms with Crippen molar-refractivity contribution in [2.75, 3.05) is 29.9 Å². The number of hydrogen-bond acceptors (Lipinski definition) is 7. The number of nitrogens with one attached hydrogen (secondary N) is 1. The van der Waals surface area contributed by atoms with Crippen LogP contribution in [0.2, 0.25) is 0 Å². The molecule has 0 aromatic carbocycles. The normalized spacial score (nSPS) is 14.2. The van der Waals surface area contributed by atoms with Crippen molar-refractivity contribution in [2.45, 2.75) is 6.92 Å². The van der Waals surface area contributed by atoms with Crippen molar-refractivity contribution in [1.29, 1.82) is 0 Å². The summed E-state index contributed by atoms with van der Waals surface area (Å²) >= 11 is 0. The van der Waals surface area contributed by atoms with Crippen LogP contribution in [0.15, 0.2) is 49.1 Å². The number of rotatable bonds is 5. The lowest BCUT2D eigenvalue weighted by Crippen LogP contribution is -2.50. The van der Waals surface area contributed by atoms with E-state index in [4.69, 9.17) is 0 Å². The average Bonchev–Trinajstić information content (AvgIpc) is 2.63. The predicted octanol–water partition coefficient (Wildman–Crippen LogP) is 2.19. The largest absolute Gasteiger partial charge is 0.354 e. The second kappa shape index (κ2) is 6.80. The number of aromatic nitrogens is 5. The van der Waals surface area contributed by atoms with Crippen LogP contribution in [0, 0.1) is 12.8 Å². The Morgan fingerprint density at radius 1 is 1.04 bits per heavy atom. The lowest BCUT2D eigenvalue weighted by atomic mass is 10.0. The van der Waals surface area contributed by atoms with E-state index in [9.17, 15) is 0 Å². The Labute approximate surface area is 146 Å². The molecule has 3 aromatic rings. The van der Waals surface area contributed by atoms with E-state index in [1.165, 1.54) is 0 Å². The fourth-order valence-corrected chi connectivity index (χ4v) is 2.78. The van der Waals surface area contributed by atoms with Crippen LogP contribution in [0.1, 0.15) is 5.56 Å². The molecule has 4 rings (SSSR count). The third-order valence-electron chi connectivity index (χ3n) is 4.24. The summed E-state index contributed by atoms with van der Waals surface area (Å²) in [5.41, 5.74) is 2.95. The van der Waals surface area contributed by atoms with Gasteiger partial charge in [0.1, 0.15) is 0 Å². The molecule has 1 N–H and O–H groups in total. The van der Waals surface area contributed by atoms with E-state index in [1.807, 2.05) is 43.6 Å². The molecule has 0 radical (unpaired) electrons. The highest BCUT2D eigenvalue weighted by Gasteiger charge is 2.27. The highest BCUT2D eigenvalue weighted by atomic mass is 15.3. The summed E-state index contributed by atoms with van der Waals surface area (Å²) in [6.07, 6.45) is 7.16. The van der Waals surface area contributed by atoms with Crippen molar-refractivity contribution in [1.82, 2.24) is 25.1 Å². The van der Waals surface area contributed by atoms with Crippen LogP contribution >= 0.6 is 0 Å². The van der Waals surface area contributed by atoms with Crippen LogP contribution in [-0.4, -0.2) is 44.8 Å². The fourth-order valence-electron chi connectivity index (χ4n) is 2.78. The van der Waals surface area contributed by atoms with Gasteiger partial charge in [-0.05, 0) is 36.8 Å². The van der Waals surface area contributed by atoms with Gasteiger partial charge >= 0.3 is 0 Å². The van der Waals surface area contributed by atoms with E-state index in [0.29, 0.717) is 11.9 Å². The third-order valence-corrected chi connectivity index (χ3v) is 4.24. The molecule has 1 aliphatic rings. The molecule has 0 saturated carbocycles. The number of anilines is 2. The van der Waals surface area contributed by atoms with Crippen LogP contribution in [0.25, 0.3) is 11.3 Å². The van der Waals surface area contributed by atoms with Gasteiger partial charge in [-0.2, -0.15) is 0 Å². The van der Waals surface area contributed by atoms with E-state index in [-0.39, 0.29) is 0 Å². The second-order valence-electron chi connectivity index (χ2n) is 6.25. The molecule has 1 fully saturated rings. The third kappa shape index (κ3) is 3.55. The molecule has 7 nitrogen and oxygen atoms in total. The van der Waals surface area contributed by atoms with E-state index in [0.717, 1.165) is 42.3 Å². The average molecular weight is 333 g/mol. The van der Waals surface area contributed by atoms with Gasteiger partial charge in [-0.15, -0.1) is 10.2 Å². The van der Waals surface area contributed by atoms with Gasteiger partial charge in [0, 0.05) is 55.9 Å². The first kappa shape index (κ1) is 15.4. The molecule has 0 spiro atoms. The van der Waals surface area contributed by atoms with Crippen molar-refractivity contribution in [3.63, 3.8) is 0 Å². The van der Waals surface area contributed by atoms with Crippen LogP contribution in [0.5, 0.6) is 0 Å². The maximum absolute atomic E-state index is 4.35. The highest BCUT2D eigenvalue weighted by Crippen LogP contribution is 2.24. The Hall–Kier alpha value is -3.09. The van der Waals surface area contributed by atoms with Crippen molar-refractivity contribution >= 4 is 11.8 Å². The molecule has 1 aliphatic heterocycles. The van der Waals surface area contributed by atoms with E-state index in [1.54, 1.807) is 12.4 Å². The minimum atomic E-state index is 0.562. The molecular weight excluding hydrogens is 314 g/mol. The summed E-state index contributed by atoms with van der Waals surface area (Å²) in [6.45, 7) is 4.76. The van der Waals surface area contributed by atoms with Gasteiger partial charge in [0.25, 0.3) is 0 Å². The molecule has 126 valence electrons. The maximum atomic E-state index is 4.35. The molecule has 0 bridgehead atoms. The molecule has 7 heteroatoms. The number of nitrogens with zero attached hydrogens (tertiary/aromatic N) is 6. The number of hydrogen-bond donors (Lipinski definition) is 1. The van der Waals surface area contributed by atoms with Crippen LogP contribution in [0.4, 0.5) is 11.8 Å². The van der Waals surface area contributed by atoms with E-state index >= 15 is 0 Å². The molecule has 4 heterocycles. The molecule has 3 aromatic heterocycles. The summed E-state index contributed by atoms with van der Waals surface area (Å²) in [7, 11) is 0. The second-order valence-corrected chi connectivity index (χ2v) is 6.25. The Bertz CT molecular complexity index is 812. The smallest absolute Gasteiger partial charge is 0.222 e. The topological polar surface area (TPSA) is 79.7 Å². The fraction of sp³-hybridized carbons (Fsp3) is 0.278. The van der Waals surface area contributed by atoms with Gasteiger partial charge in [0.05, 0.1) is 5.69 Å². The molecule has 25 heavy (non-hydrogen) atoms. The van der Waals surface area contributed by atoms with Crippen LogP contribution in [0.3, 0.4) is 0 Å². The molecule has 0 amide bonds. The van der Waals surface area contributed by atoms with Gasteiger partial charge in [-0.1, -0.05) is 0 Å². The number of pyridine rings is 1. The minimum absolute atomic E-state index is 0.562. The Morgan fingerprint density at radius 2 is 1.80 bits per heavy atom. The van der Waals surface area contributed by atoms with Crippen molar-refractivity contribution in [3.05, 3.63) is 54.6 Å². The lowest BCUT2D eigenvalue weighted by Gasteiger charge is -2.39. The van der Waals surface area contributed by atoms with Gasteiger partial charge in [-0.25, -0.2) is 9.97 Å². The summed E-state index contributed by atoms with van der Waals surface area (Å²) in [6, 6.07) is 7.89. The highest BCUT2D eigenvalue weighted by molar-refractivity contribution is 5.59. The molecule has 0 aliphatic carbocycles. The quantitative estimate of drug-likeness (QED) is 0.766. The number of aryl methyl sites for hydroxylation is 1. The maximum Gasteiger partial charge on any atom is 0.222 e. The van der Waals surface area contributed by atoms with Gasteiger partial charge in [-0.3, -0.25) is 4.98 Å². The van der Waals surface area contributed by atoms with Crippen LogP contribution in [-0.2, 0) is 0 Å². The Kier molecular flexibility index (Phi) is 4.20. The van der Waals surface area contributed by atoms with Crippen molar-refractivity contribution in [3.8, 4) is 11.3 Å². The van der Waals surface area contributed by atoms with Gasteiger partial charge in [0.15, 0.2) is 5.82 Å². The van der Waals surface area contributed by atoms with Gasteiger partial charge < -0.3 is 10.2 Å². The molecule has 1 saturated heterocycles. The molecule has 0 atom stereocenters. The monoisotopic (exact) mass is 333 g/mol. The SMILES string of the molecule is Cc1cnc(NCC2CN(c3ccc(-c4ccncc4)nn3)C2)nc1. The standard InChI is InChI=1S/C18H19N7/c1-13-8-20-18(21-9-13)22-10-14-11-25(12-14)17-3-2-16(23-24-17)15-4-6-19-7-5-15/h2-9,14H,10-12H2,1H3,(H,20,21,22). The molecular formula is C18H19N7. The summed E-state index contributed by atoms with van der Waals surface area (Å²) < 4.78 is 0. The van der Waals surface area contributed by atoms with Crippen molar-refractivity contribution < 1.29 is 0 Å². The Balaban J connectivity index is 1.29. The van der Waals surface area contributed by atoms with E-state index < -0.39 is 0 Å². The summed E-state index contributed by atoms with van der Waals surface area (Å²) in [5.74, 6) is 2.16. The first-order chi connectivity index (χ1) is 12.3. The zero-order valence-corrected chi connectivity index (χ0v) is 14.0. The van der Waals surface area contributed by atoms with Crippen LogP contribution < -0.4 is 10.2 Å². The van der Waals surface area contributed by atoms with Gasteiger partial charge in [0.2, 0.25) is 5.95 Å². The Morgan fingerprint density at radius 3 is 2.48 bits per heavy atom. The van der Waals surface area contributed by atoms with E-state index in [2.05, 4.69) is 35.4 Å². The van der Waals surface area contributed by atoms with Crippen molar-refractivity contribution in [2.24, 2.45) is 5.92 Å². The molecule has 0 unspecified atom stereocenters. The summed E-state index contributed by atoms with van der Waals surface area (Å²) in [4.78, 5) is 14.8. The predicted molar refractivity (Wildman–Crippen MR) is 96.2 cm³/mol.